The Labute approximate surface area is 140 Å². The van der Waals surface area contributed by atoms with E-state index in [2.05, 4.69) is 15.5 Å². The van der Waals surface area contributed by atoms with Crippen molar-refractivity contribution in [3.8, 4) is 16.8 Å². The first-order valence-electron chi connectivity index (χ1n) is 7.75. The molecule has 0 radical (unpaired) electrons. The van der Waals surface area contributed by atoms with Crippen LogP contribution in [-0.2, 0) is 0 Å². The summed E-state index contributed by atoms with van der Waals surface area (Å²) in [5.74, 6) is -0.390. The van der Waals surface area contributed by atoms with E-state index < -0.39 is 5.97 Å². The fourth-order valence-corrected chi connectivity index (χ4v) is 2.24. The average Bonchev–Trinajstić information content (AvgIpc) is 3.03. The van der Waals surface area contributed by atoms with Crippen LogP contribution in [0.1, 0.15) is 35.6 Å². The molecule has 0 spiro atoms. The molecule has 0 atom stereocenters. The smallest absolute Gasteiger partial charge is 0.335 e. The van der Waals surface area contributed by atoms with Crippen molar-refractivity contribution in [2.75, 3.05) is 0 Å². The number of aromatic carboxylic acids is 1. The van der Waals surface area contributed by atoms with Crippen LogP contribution < -0.4 is 0 Å². The lowest BCUT2D eigenvalue weighted by Crippen LogP contribution is -2.04. The zero-order chi connectivity index (χ0) is 17.7. The second-order valence-corrected chi connectivity index (χ2v) is 5.08. The molecule has 24 heavy (non-hydrogen) atoms. The minimum Gasteiger partial charge on any atom is -0.478 e. The number of carboxylic acids is 1. The first-order chi connectivity index (χ1) is 11.5. The van der Waals surface area contributed by atoms with E-state index in [4.69, 9.17) is 0 Å². The highest BCUT2D eigenvalue weighted by Crippen LogP contribution is 2.25. The summed E-state index contributed by atoms with van der Waals surface area (Å²) < 4.78 is 1.52. The third kappa shape index (κ3) is 3.65. The topological polar surface area (TPSA) is 80.9 Å². The second kappa shape index (κ2) is 7.50. The fourth-order valence-electron chi connectivity index (χ4n) is 2.24. The summed E-state index contributed by atoms with van der Waals surface area (Å²) in [5.41, 5.74) is 3.72. The normalized spacial score (nSPS) is 10.0. The predicted octanol–water partition coefficient (Wildman–Crippen LogP) is 3.67. The van der Waals surface area contributed by atoms with Crippen LogP contribution in [0.25, 0.3) is 16.8 Å². The van der Waals surface area contributed by atoms with Crippen molar-refractivity contribution in [2.24, 2.45) is 0 Å². The second-order valence-electron chi connectivity index (χ2n) is 5.08. The molecule has 1 aromatic heterocycles. The Morgan fingerprint density at radius 1 is 1.00 bits per heavy atom. The molecule has 6 nitrogen and oxygen atoms in total. The standard InChI is InChI=1S/C16H14N4O2.C2H6/c1-10-3-5-12(6-4-10)13-7-14(16(21)22)9-15(8-13)20-11(2)17-18-19-20;1-2/h3-9H,1-2H3,(H,21,22);1-2H3. The number of hydrogen-bond donors (Lipinski definition) is 1. The Balaban J connectivity index is 0.00000100. The fraction of sp³-hybridized carbons (Fsp3) is 0.222. The number of carbonyl (C=O) groups is 1. The number of rotatable bonds is 3. The van der Waals surface area contributed by atoms with Crippen molar-refractivity contribution >= 4 is 5.97 Å². The van der Waals surface area contributed by atoms with Gasteiger partial charge in [0.1, 0.15) is 0 Å². The summed E-state index contributed by atoms with van der Waals surface area (Å²) in [6.07, 6.45) is 0. The number of tetrazole rings is 1. The Bertz CT molecular complexity index is 838. The van der Waals surface area contributed by atoms with Gasteiger partial charge in [-0.05, 0) is 53.6 Å². The van der Waals surface area contributed by atoms with Gasteiger partial charge in [-0.15, -0.1) is 5.10 Å². The van der Waals surface area contributed by atoms with E-state index in [0.717, 1.165) is 16.7 Å². The molecule has 0 fully saturated rings. The van der Waals surface area contributed by atoms with E-state index in [1.54, 1.807) is 19.1 Å². The lowest BCUT2D eigenvalue weighted by Gasteiger charge is -2.09. The molecular weight excluding hydrogens is 304 g/mol. The van der Waals surface area contributed by atoms with Gasteiger partial charge in [0.25, 0.3) is 0 Å². The van der Waals surface area contributed by atoms with Gasteiger partial charge >= 0.3 is 5.97 Å². The molecule has 6 heteroatoms. The number of carboxylic acid groups (broad SMARTS) is 1. The van der Waals surface area contributed by atoms with Crippen molar-refractivity contribution in [1.29, 1.82) is 0 Å². The van der Waals surface area contributed by atoms with Gasteiger partial charge in [0.15, 0.2) is 5.82 Å². The summed E-state index contributed by atoms with van der Waals surface area (Å²) in [6.45, 7) is 7.77. The van der Waals surface area contributed by atoms with Gasteiger partial charge in [-0.1, -0.05) is 43.7 Å². The maximum Gasteiger partial charge on any atom is 0.335 e. The molecule has 2 aromatic carbocycles. The quantitative estimate of drug-likeness (QED) is 0.795. The first-order valence-corrected chi connectivity index (χ1v) is 7.75. The number of aryl methyl sites for hydroxylation is 2. The van der Waals surface area contributed by atoms with Crippen LogP contribution in [0.3, 0.4) is 0 Å². The maximum absolute atomic E-state index is 11.4. The van der Waals surface area contributed by atoms with Crippen LogP contribution in [0.15, 0.2) is 42.5 Å². The van der Waals surface area contributed by atoms with E-state index in [1.165, 1.54) is 4.68 Å². The molecular formula is C18H20N4O2. The molecule has 124 valence electrons. The monoisotopic (exact) mass is 324 g/mol. The molecule has 0 saturated heterocycles. The zero-order valence-corrected chi connectivity index (χ0v) is 14.2. The maximum atomic E-state index is 11.4. The third-order valence-electron chi connectivity index (χ3n) is 3.42. The number of benzene rings is 2. The number of aromatic nitrogens is 4. The van der Waals surface area contributed by atoms with Gasteiger partial charge in [0.05, 0.1) is 11.3 Å². The zero-order valence-electron chi connectivity index (χ0n) is 14.2. The van der Waals surface area contributed by atoms with E-state index >= 15 is 0 Å². The van der Waals surface area contributed by atoms with Gasteiger partial charge < -0.3 is 5.11 Å². The van der Waals surface area contributed by atoms with Gasteiger partial charge in [-0.3, -0.25) is 0 Å². The molecule has 3 aromatic rings. The first kappa shape index (κ1) is 17.3. The van der Waals surface area contributed by atoms with Crippen LogP contribution >= 0.6 is 0 Å². The molecule has 1 N–H and O–H groups in total. The van der Waals surface area contributed by atoms with Crippen molar-refractivity contribution in [3.63, 3.8) is 0 Å². The van der Waals surface area contributed by atoms with E-state index in [1.807, 2.05) is 51.1 Å². The summed E-state index contributed by atoms with van der Waals surface area (Å²) in [5, 5.41) is 20.7. The summed E-state index contributed by atoms with van der Waals surface area (Å²) in [7, 11) is 0. The Kier molecular flexibility index (Phi) is 5.42. The summed E-state index contributed by atoms with van der Waals surface area (Å²) >= 11 is 0. The van der Waals surface area contributed by atoms with Gasteiger partial charge in [0, 0.05) is 0 Å². The molecule has 0 bridgehead atoms. The minimum absolute atomic E-state index is 0.197. The minimum atomic E-state index is -0.985. The van der Waals surface area contributed by atoms with Gasteiger partial charge in [-0.2, -0.15) is 4.68 Å². The number of hydrogen-bond acceptors (Lipinski definition) is 4. The summed E-state index contributed by atoms with van der Waals surface area (Å²) in [6, 6.07) is 13.0. The average molecular weight is 324 g/mol. The molecule has 0 aliphatic heterocycles. The predicted molar refractivity (Wildman–Crippen MR) is 92.4 cm³/mol. The molecule has 0 saturated carbocycles. The van der Waals surface area contributed by atoms with Crippen LogP contribution in [0.5, 0.6) is 0 Å². The molecule has 0 amide bonds. The van der Waals surface area contributed by atoms with Gasteiger partial charge in [0.2, 0.25) is 0 Å². The van der Waals surface area contributed by atoms with Crippen LogP contribution in [0.4, 0.5) is 0 Å². The van der Waals surface area contributed by atoms with Crippen molar-refractivity contribution < 1.29 is 9.90 Å². The Morgan fingerprint density at radius 2 is 1.67 bits per heavy atom. The molecule has 1 heterocycles. The van der Waals surface area contributed by atoms with Crippen molar-refractivity contribution in [1.82, 2.24) is 20.2 Å². The van der Waals surface area contributed by atoms with Crippen LogP contribution in [-0.4, -0.2) is 31.3 Å². The van der Waals surface area contributed by atoms with E-state index in [-0.39, 0.29) is 5.56 Å². The van der Waals surface area contributed by atoms with E-state index in [9.17, 15) is 9.90 Å². The highest BCUT2D eigenvalue weighted by Gasteiger charge is 2.12. The SMILES string of the molecule is CC.Cc1ccc(-c2cc(C(=O)O)cc(-n3nnnc3C)c2)cc1. The highest BCUT2D eigenvalue weighted by molar-refractivity contribution is 5.90. The highest BCUT2D eigenvalue weighted by atomic mass is 16.4. The van der Waals surface area contributed by atoms with Crippen molar-refractivity contribution in [2.45, 2.75) is 27.7 Å². The lowest BCUT2D eigenvalue weighted by atomic mass is 10.0. The third-order valence-corrected chi connectivity index (χ3v) is 3.42. The number of nitrogens with zero attached hydrogens (tertiary/aromatic N) is 4. The largest absolute Gasteiger partial charge is 0.478 e. The molecule has 0 aliphatic rings. The summed E-state index contributed by atoms with van der Waals surface area (Å²) in [4.78, 5) is 11.4. The van der Waals surface area contributed by atoms with Crippen LogP contribution in [0.2, 0.25) is 0 Å². The van der Waals surface area contributed by atoms with Gasteiger partial charge in [-0.25, -0.2) is 4.79 Å². The molecule has 0 unspecified atom stereocenters. The Hall–Kier alpha value is -3.02. The molecule has 0 aliphatic carbocycles. The van der Waals surface area contributed by atoms with E-state index in [0.29, 0.717) is 11.5 Å². The van der Waals surface area contributed by atoms with Crippen LogP contribution in [0, 0.1) is 13.8 Å². The Morgan fingerprint density at radius 3 is 2.21 bits per heavy atom. The lowest BCUT2D eigenvalue weighted by molar-refractivity contribution is 0.0697. The molecule has 3 rings (SSSR count). The van der Waals surface area contributed by atoms with Crippen molar-refractivity contribution in [3.05, 3.63) is 59.4 Å².